The third-order valence-electron chi connectivity index (χ3n) is 4.53. The lowest BCUT2D eigenvalue weighted by molar-refractivity contribution is 0.103. The van der Waals surface area contributed by atoms with Crippen LogP contribution in [-0.2, 0) is 13.7 Å². The standard InChI is InChI=1S/C22H17F5N2O3/c1-11-8-14(29(2)28-11)15(30)6-4-12-5-7-16(31-3)13(9-12)10-32-22-20(26)18(24)17(23)19(25)21(22)27/h4-9H,10H2,1-3H3/b6-4+. The van der Waals surface area contributed by atoms with E-state index in [0.717, 1.165) is 0 Å². The summed E-state index contributed by atoms with van der Waals surface area (Å²) in [5, 5.41) is 4.10. The summed E-state index contributed by atoms with van der Waals surface area (Å²) in [5.74, 6) is -12.1. The highest BCUT2D eigenvalue weighted by Crippen LogP contribution is 2.31. The van der Waals surface area contributed by atoms with E-state index >= 15 is 0 Å². The van der Waals surface area contributed by atoms with Crippen LogP contribution in [0.5, 0.6) is 11.5 Å². The number of hydrogen-bond donors (Lipinski definition) is 0. The molecule has 10 heteroatoms. The number of rotatable bonds is 7. The number of hydrogen-bond acceptors (Lipinski definition) is 4. The van der Waals surface area contributed by atoms with Crippen LogP contribution in [0.2, 0.25) is 0 Å². The molecule has 0 N–H and O–H groups in total. The van der Waals surface area contributed by atoms with Gasteiger partial charge in [0.05, 0.1) is 12.8 Å². The maximum Gasteiger partial charge on any atom is 0.207 e. The van der Waals surface area contributed by atoms with Gasteiger partial charge in [-0.05, 0) is 36.8 Å². The summed E-state index contributed by atoms with van der Waals surface area (Å²) in [6.45, 7) is 1.19. The van der Waals surface area contributed by atoms with E-state index in [9.17, 15) is 26.7 Å². The summed E-state index contributed by atoms with van der Waals surface area (Å²) in [4.78, 5) is 12.4. The van der Waals surface area contributed by atoms with Crippen molar-refractivity contribution in [1.29, 1.82) is 0 Å². The quantitative estimate of drug-likeness (QED) is 0.168. The lowest BCUT2D eigenvalue weighted by Gasteiger charge is -2.13. The molecular formula is C22H17F5N2O3. The van der Waals surface area contributed by atoms with Crippen molar-refractivity contribution in [3.8, 4) is 11.5 Å². The third kappa shape index (κ3) is 4.48. The summed E-state index contributed by atoms with van der Waals surface area (Å²) < 4.78 is 79.1. The SMILES string of the molecule is COc1ccc(/C=C/C(=O)c2cc(C)nn2C)cc1COc1c(F)c(F)c(F)c(F)c1F. The fourth-order valence-corrected chi connectivity index (χ4v) is 2.97. The van der Waals surface area contributed by atoms with Crippen molar-refractivity contribution in [3.05, 3.63) is 81.9 Å². The first-order chi connectivity index (χ1) is 15.1. The van der Waals surface area contributed by atoms with Gasteiger partial charge in [-0.2, -0.15) is 13.9 Å². The minimum absolute atomic E-state index is 0.250. The summed E-state index contributed by atoms with van der Waals surface area (Å²) in [6, 6.07) is 6.24. The first-order valence-electron chi connectivity index (χ1n) is 9.18. The van der Waals surface area contributed by atoms with Gasteiger partial charge in [-0.1, -0.05) is 12.1 Å². The fraction of sp³-hybridized carbons (Fsp3) is 0.182. The van der Waals surface area contributed by atoms with Crippen LogP contribution < -0.4 is 9.47 Å². The average Bonchev–Trinajstić information content (AvgIpc) is 3.12. The second-order valence-electron chi connectivity index (χ2n) is 6.75. The second kappa shape index (κ2) is 9.21. The molecule has 0 saturated carbocycles. The van der Waals surface area contributed by atoms with Gasteiger partial charge >= 0.3 is 0 Å². The molecule has 0 aliphatic rings. The van der Waals surface area contributed by atoms with Crippen molar-refractivity contribution in [1.82, 2.24) is 9.78 Å². The summed E-state index contributed by atoms with van der Waals surface area (Å²) in [7, 11) is 2.97. The molecule has 0 fully saturated rings. The van der Waals surface area contributed by atoms with Crippen LogP contribution >= 0.6 is 0 Å². The molecule has 168 valence electrons. The minimum Gasteiger partial charge on any atom is -0.496 e. The Kier molecular flexibility index (Phi) is 6.61. The van der Waals surface area contributed by atoms with Crippen LogP contribution in [0.4, 0.5) is 22.0 Å². The smallest absolute Gasteiger partial charge is 0.207 e. The number of ether oxygens (including phenoxy) is 2. The van der Waals surface area contributed by atoms with Crippen molar-refractivity contribution in [2.45, 2.75) is 13.5 Å². The zero-order valence-corrected chi connectivity index (χ0v) is 17.2. The Bertz CT molecular complexity index is 1190. The Labute approximate surface area is 179 Å². The van der Waals surface area contributed by atoms with E-state index < -0.39 is 41.4 Å². The van der Waals surface area contributed by atoms with Gasteiger partial charge < -0.3 is 9.47 Å². The Hall–Kier alpha value is -3.69. The number of aromatic nitrogens is 2. The third-order valence-corrected chi connectivity index (χ3v) is 4.53. The highest BCUT2D eigenvalue weighted by atomic mass is 19.2. The number of ketones is 1. The normalized spacial score (nSPS) is 11.2. The predicted octanol–water partition coefficient (Wildman–Crippen LogP) is 4.91. The Morgan fingerprint density at radius 3 is 2.22 bits per heavy atom. The van der Waals surface area contributed by atoms with E-state index in [1.165, 1.54) is 36.1 Å². The number of halogens is 5. The second-order valence-corrected chi connectivity index (χ2v) is 6.75. The minimum atomic E-state index is -2.27. The first kappa shape index (κ1) is 23.0. The molecule has 0 aliphatic heterocycles. The number of carbonyl (C=O) groups excluding carboxylic acids is 1. The van der Waals surface area contributed by atoms with Gasteiger partial charge in [-0.25, -0.2) is 13.2 Å². The predicted molar refractivity (Wildman–Crippen MR) is 105 cm³/mol. The van der Waals surface area contributed by atoms with Crippen LogP contribution in [0.15, 0.2) is 30.3 Å². The molecule has 0 unspecified atom stereocenters. The number of carbonyl (C=O) groups is 1. The van der Waals surface area contributed by atoms with E-state index in [0.29, 0.717) is 17.0 Å². The molecule has 5 nitrogen and oxygen atoms in total. The van der Waals surface area contributed by atoms with E-state index in [1.807, 2.05) is 0 Å². The Morgan fingerprint density at radius 1 is 1.03 bits per heavy atom. The molecule has 0 aliphatic carbocycles. The van der Waals surface area contributed by atoms with Crippen LogP contribution in [0, 0.1) is 36.0 Å². The monoisotopic (exact) mass is 452 g/mol. The van der Waals surface area contributed by atoms with E-state index in [4.69, 9.17) is 9.47 Å². The topological polar surface area (TPSA) is 53.3 Å². The molecule has 3 aromatic rings. The van der Waals surface area contributed by atoms with Crippen molar-refractivity contribution >= 4 is 11.9 Å². The van der Waals surface area contributed by atoms with Crippen LogP contribution in [0.1, 0.15) is 27.3 Å². The van der Waals surface area contributed by atoms with Gasteiger partial charge in [0, 0.05) is 12.6 Å². The van der Waals surface area contributed by atoms with Crippen LogP contribution in [0.3, 0.4) is 0 Å². The van der Waals surface area contributed by atoms with Gasteiger partial charge in [0.1, 0.15) is 18.1 Å². The summed E-state index contributed by atoms with van der Waals surface area (Å²) >= 11 is 0. The van der Waals surface area contributed by atoms with Gasteiger partial charge in [0.25, 0.3) is 0 Å². The molecule has 0 atom stereocenters. The first-order valence-corrected chi connectivity index (χ1v) is 9.18. The van der Waals surface area contributed by atoms with Gasteiger partial charge in [0.2, 0.25) is 34.9 Å². The molecule has 0 saturated heterocycles. The zero-order chi connectivity index (χ0) is 23.6. The van der Waals surface area contributed by atoms with E-state index in [2.05, 4.69) is 5.10 Å². The van der Waals surface area contributed by atoms with Crippen LogP contribution in [-0.4, -0.2) is 22.7 Å². The lowest BCUT2D eigenvalue weighted by Crippen LogP contribution is -2.07. The maximum atomic E-state index is 13.8. The van der Waals surface area contributed by atoms with Gasteiger partial charge in [-0.3, -0.25) is 9.48 Å². The molecular weight excluding hydrogens is 435 g/mol. The van der Waals surface area contributed by atoms with Gasteiger partial charge in [-0.15, -0.1) is 0 Å². The number of methoxy groups -OCH3 is 1. The molecule has 0 amide bonds. The summed E-state index contributed by atoms with van der Waals surface area (Å²) in [5.41, 5.74) is 1.82. The Balaban J connectivity index is 1.85. The molecule has 1 heterocycles. The highest BCUT2D eigenvalue weighted by Gasteiger charge is 2.27. The average molecular weight is 452 g/mol. The molecule has 0 bridgehead atoms. The lowest BCUT2D eigenvalue weighted by atomic mass is 10.1. The molecule has 1 aromatic heterocycles. The van der Waals surface area contributed by atoms with Crippen LogP contribution in [0.25, 0.3) is 6.08 Å². The van der Waals surface area contributed by atoms with Gasteiger partial charge in [0.15, 0.2) is 5.75 Å². The number of allylic oxidation sites excluding steroid dienone is 1. The fourth-order valence-electron chi connectivity index (χ4n) is 2.97. The van der Waals surface area contributed by atoms with Crippen molar-refractivity contribution in [2.24, 2.45) is 7.05 Å². The Morgan fingerprint density at radius 2 is 1.66 bits per heavy atom. The molecule has 2 aromatic carbocycles. The largest absolute Gasteiger partial charge is 0.496 e. The highest BCUT2D eigenvalue weighted by molar-refractivity contribution is 6.05. The van der Waals surface area contributed by atoms with E-state index in [1.54, 1.807) is 26.1 Å². The zero-order valence-electron chi connectivity index (χ0n) is 17.2. The van der Waals surface area contributed by atoms with Crippen molar-refractivity contribution in [3.63, 3.8) is 0 Å². The summed E-state index contributed by atoms with van der Waals surface area (Å²) in [6.07, 6.45) is 2.80. The molecule has 3 rings (SSSR count). The van der Waals surface area contributed by atoms with Crippen molar-refractivity contribution in [2.75, 3.05) is 7.11 Å². The maximum absolute atomic E-state index is 13.8. The molecule has 0 radical (unpaired) electrons. The number of benzene rings is 2. The number of aryl methyl sites for hydroxylation is 2. The number of nitrogens with zero attached hydrogens (tertiary/aromatic N) is 2. The molecule has 0 spiro atoms. The van der Waals surface area contributed by atoms with Crippen molar-refractivity contribution < 1.29 is 36.2 Å². The molecule has 32 heavy (non-hydrogen) atoms. The van der Waals surface area contributed by atoms with E-state index in [-0.39, 0.29) is 17.1 Å².